The molecule has 2 aliphatic rings. The summed E-state index contributed by atoms with van der Waals surface area (Å²) in [6.45, 7) is 7.41. The maximum atomic E-state index is 5.88. The first-order chi connectivity index (χ1) is 16.8. The lowest BCUT2D eigenvalue weighted by atomic mass is 9.86. The highest BCUT2D eigenvalue weighted by Crippen LogP contribution is 2.44. The monoisotopic (exact) mass is 484 g/mol. The predicted octanol–water partition coefficient (Wildman–Crippen LogP) is 5.89. The molecule has 0 radical (unpaired) electrons. The van der Waals surface area contributed by atoms with E-state index in [2.05, 4.69) is 90.4 Å². The van der Waals surface area contributed by atoms with E-state index in [0.717, 1.165) is 16.6 Å². The quantitative estimate of drug-likeness (QED) is 0.455. The molecule has 1 aromatic heterocycles. The highest BCUT2D eigenvalue weighted by molar-refractivity contribution is 7.80. The molecule has 5 nitrogen and oxygen atoms in total. The molecule has 0 aliphatic carbocycles. The van der Waals surface area contributed by atoms with Gasteiger partial charge in [0.1, 0.15) is 5.75 Å². The van der Waals surface area contributed by atoms with E-state index in [-0.39, 0.29) is 17.6 Å². The molecular formula is C29H32N4OS. The Balaban J connectivity index is 1.57. The van der Waals surface area contributed by atoms with Crippen LogP contribution in [0, 0.1) is 0 Å². The molecule has 0 spiro atoms. The Hall–Kier alpha value is -3.38. The van der Waals surface area contributed by atoms with E-state index in [9.17, 15) is 0 Å². The van der Waals surface area contributed by atoms with Crippen molar-refractivity contribution in [2.75, 3.05) is 19.1 Å². The Morgan fingerprint density at radius 2 is 1.86 bits per heavy atom. The summed E-state index contributed by atoms with van der Waals surface area (Å²) >= 11 is 5.88. The topological polar surface area (TPSA) is 40.6 Å². The highest BCUT2D eigenvalue weighted by Gasteiger charge is 2.40. The van der Waals surface area contributed by atoms with Crippen LogP contribution in [0.5, 0.6) is 5.75 Å². The minimum Gasteiger partial charge on any atom is -0.497 e. The summed E-state index contributed by atoms with van der Waals surface area (Å²) in [5.74, 6) is 0.850. The first-order valence-electron chi connectivity index (χ1n) is 12.0. The summed E-state index contributed by atoms with van der Waals surface area (Å²) < 4.78 is 5.34. The molecule has 3 heterocycles. The number of fused-ring (bicyclic) bond motifs is 1. The molecule has 5 rings (SSSR count). The Bertz CT molecular complexity index is 1270. The Morgan fingerprint density at radius 3 is 2.54 bits per heavy atom. The second kappa shape index (κ2) is 9.00. The summed E-state index contributed by atoms with van der Waals surface area (Å²) in [6, 6.07) is 21.1. The second-order valence-electron chi connectivity index (χ2n) is 9.92. The van der Waals surface area contributed by atoms with Crippen molar-refractivity contribution in [3.63, 3.8) is 0 Å². The highest BCUT2D eigenvalue weighted by atomic mass is 32.1. The third-order valence-electron chi connectivity index (χ3n) is 7.29. The number of anilines is 1. The molecule has 35 heavy (non-hydrogen) atoms. The zero-order valence-electron chi connectivity index (χ0n) is 20.9. The second-order valence-corrected chi connectivity index (χ2v) is 10.3. The van der Waals surface area contributed by atoms with Crippen molar-refractivity contribution < 1.29 is 4.74 Å². The van der Waals surface area contributed by atoms with Gasteiger partial charge in [0, 0.05) is 31.0 Å². The molecule has 2 aromatic carbocycles. The van der Waals surface area contributed by atoms with Crippen LogP contribution in [0.3, 0.4) is 0 Å². The lowest BCUT2D eigenvalue weighted by Crippen LogP contribution is -2.42. The standard InChI is InChI=1S/C29H32N4OS/c1-19-17-29(2,3)32(4)25-14-11-21(16-23(19)25)27-26(24-8-6-7-15-30-24)31-28(35)33(27)18-20-9-12-22(34-5)13-10-20/h6-17,26-27H,18H2,1-5H3,(H,31,35)/t26-,27-/m1/s1. The van der Waals surface area contributed by atoms with Gasteiger partial charge >= 0.3 is 0 Å². The van der Waals surface area contributed by atoms with E-state index in [0.29, 0.717) is 6.54 Å². The van der Waals surface area contributed by atoms with Crippen LogP contribution in [0.4, 0.5) is 5.69 Å². The molecule has 1 fully saturated rings. The van der Waals surface area contributed by atoms with Crippen LogP contribution in [-0.4, -0.2) is 34.7 Å². The number of hydrogen-bond acceptors (Lipinski definition) is 4. The largest absolute Gasteiger partial charge is 0.497 e. The van der Waals surface area contributed by atoms with Gasteiger partial charge in [0.05, 0.1) is 30.4 Å². The van der Waals surface area contributed by atoms with E-state index in [4.69, 9.17) is 17.0 Å². The van der Waals surface area contributed by atoms with Crippen molar-refractivity contribution >= 4 is 28.6 Å². The average Bonchev–Trinajstić information content (AvgIpc) is 3.19. The number of rotatable bonds is 5. The zero-order chi connectivity index (χ0) is 24.7. The van der Waals surface area contributed by atoms with Crippen molar-refractivity contribution in [2.45, 2.75) is 44.9 Å². The van der Waals surface area contributed by atoms with Crippen molar-refractivity contribution in [2.24, 2.45) is 0 Å². The number of nitrogens with zero attached hydrogens (tertiary/aromatic N) is 3. The minimum absolute atomic E-state index is 0.0119. The number of benzene rings is 2. The molecule has 3 aromatic rings. The Labute approximate surface area is 213 Å². The van der Waals surface area contributed by atoms with Crippen molar-refractivity contribution in [3.05, 3.63) is 95.3 Å². The van der Waals surface area contributed by atoms with Gasteiger partial charge < -0.3 is 19.9 Å². The summed E-state index contributed by atoms with van der Waals surface area (Å²) in [5.41, 5.74) is 7.19. The number of ether oxygens (including phenoxy) is 1. The number of allylic oxidation sites excluding steroid dienone is 1. The number of hydrogen-bond donors (Lipinski definition) is 1. The van der Waals surface area contributed by atoms with Crippen molar-refractivity contribution in [1.29, 1.82) is 0 Å². The average molecular weight is 485 g/mol. The van der Waals surface area contributed by atoms with Gasteiger partial charge in [-0.25, -0.2) is 0 Å². The number of likely N-dealkylation sites (N-methyl/N-ethyl adjacent to an activating group) is 1. The number of thiocarbonyl (C=S) groups is 1. The number of pyridine rings is 1. The van der Waals surface area contributed by atoms with Gasteiger partial charge in [-0.05, 0) is 86.1 Å². The SMILES string of the molecule is COc1ccc(CN2C(=S)N[C@H](c3ccccn3)[C@H]2c2ccc3c(c2)C(C)=CC(C)(C)N3C)cc1. The summed E-state index contributed by atoms with van der Waals surface area (Å²) in [5, 5.41) is 4.31. The summed E-state index contributed by atoms with van der Waals surface area (Å²) in [4.78, 5) is 9.32. The van der Waals surface area contributed by atoms with Gasteiger partial charge in [-0.2, -0.15) is 0 Å². The third-order valence-corrected chi connectivity index (χ3v) is 7.64. The molecule has 2 aliphatic heterocycles. The van der Waals surface area contributed by atoms with Crippen LogP contribution < -0.4 is 15.0 Å². The molecule has 0 saturated carbocycles. The molecule has 0 unspecified atom stereocenters. The van der Waals surface area contributed by atoms with E-state index >= 15 is 0 Å². The molecule has 180 valence electrons. The maximum absolute atomic E-state index is 5.88. The molecule has 2 atom stereocenters. The van der Waals surface area contributed by atoms with E-state index < -0.39 is 0 Å². The molecule has 1 saturated heterocycles. The normalized spacial score (nSPS) is 20.8. The minimum atomic E-state index is -0.0398. The van der Waals surface area contributed by atoms with E-state index in [1.807, 2.05) is 30.5 Å². The Morgan fingerprint density at radius 1 is 1.09 bits per heavy atom. The van der Waals surface area contributed by atoms with Crippen LogP contribution in [0.25, 0.3) is 5.57 Å². The van der Waals surface area contributed by atoms with Gasteiger partial charge in [0.15, 0.2) is 5.11 Å². The van der Waals surface area contributed by atoms with Gasteiger partial charge in [-0.1, -0.05) is 30.3 Å². The van der Waals surface area contributed by atoms with Gasteiger partial charge in [-0.3, -0.25) is 4.98 Å². The summed E-state index contributed by atoms with van der Waals surface area (Å²) in [7, 11) is 3.85. The maximum Gasteiger partial charge on any atom is 0.170 e. The molecule has 0 bridgehead atoms. The van der Waals surface area contributed by atoms with E-state index in [1.165, 1.54) is 28.0 Å². The van der Waals surface area contributed by atoms with Crippen molar-refractivity contribution in [1.82, 2.24) is 15.2 Å². The summed E-state index contributed by atoms with van der Waals surface area (Å²) in [6.07, 6.45) is 4.20. The smallest absolute Gasteiger partial charge is 0.170 e. The lowest BCUT2D eigenvalue weighted by molar-refractivity contribution is 0.311. The molecule has 0 amide bonds. The van der Waals surface area contributed by atoms with Crippen LogP contribution in [0.1, 0.15) is 55.2 Å². The fourth-order valence-electron chi connectivity index (χ4n) is 5.23. The molecule has 1 N–H and O–H groups in total. The molecule has 6 heteroatoms. The first kappa shape index (κ1) is 23.4. The third kappa shape index (κ3) is 4.27. The first-order valence-corrected chi connectivity index (χ1v) is 12.4. The van der Waals surface area contributed by atoms with Crippen LogP contribution >= 0.6 is 12.2 Å². The van der Waals surface area contributed by atoms with Crippen LogP contribution in [0.2, 0.25) is 0 Å². The number of aromatic nitrogens is 1. The number of nitrogens with one attached hydrogen (secondary N) is 1. The van der Waals surface area contributed by atoms with Gasteiger partial charge in [0.2, 0.25) is 0 Å². The Kier molecular flexibility index (Phi) is 6.01. The van der Waals surface area contributed by atoms with Crippen molar-refractivity contribution in [3.8, 4) is 5.75 Å². The van der Waals surface area contributed by atoms with Crippen LogP contribution in [-0.2, 0) is 6.54 Å². The fraction of sp³-hybridized carbons (Fsp3) is 0.310. The molecular weight excluding hydrogens is 452 g/mol. The van der Waals surface area contributed by atoms with Gasteiger partial charge in [0.25, 0.3) is 0 Å². The number of methoxy groups -OCH3 is 1. The fourth-order valence-corrected chi connectivity index (χ4v) is 5.53. The van der Waals surface area contributed by atoms with Crippen LogP contribution in [0.15, 0.2) is 72.9 Å². The van der Waals surface area contributed by atoms with E-state index in [1.54, 1.807) is 7.11 Å². The zero-order valence-corrected chi connectivity index (χ0v) is 21.8. The van der Waals surface area contributed by atoms with Gasteiger partial charge in [-0.15, -0.1) is 0 Å². The lowest BCUT2D eigenvalue weighted by Gasteiger charge is -2.41. The predicted molar refractivity (Wildman–Crippen MR) is 147 cm³/mol.